The Balaban J connectivity index is 2.29. The highest BCUT2D eigenvalue weighted by Crippen LogP contribution is 2.42. The highest BCUT2D eigenvalue weighted by Gasteiger charge is 2.44. The first-order valence-corrected chi connectivity index (χ1v) is 3.84. The number of halogens is 3. The number of aromatic amines is 1. The molecular formula is C7H8F3N3. The lowest BCUT2D eigenvalue weighted by molar-refractivity contribution is -0.141. The summed E-state index contributed by atoms with van der Waals surface area (Å²) in [5, 5.41) is 5.48. The number of rotatable bonds is 1. The summed E-state index contributed by atoms with van der Waals surface area (Å²) in [4.78, 5) is 0. The Labute approximate surface area is 72.1 Å². The van der Waals surface area contributed by atoms with Crippen molar-refractivity contribution in [2.45, 2.75) is 24.6 Å². The van der Waals surface area contributed by atoms with E-state index in [1.807, 2.05) is 0 Å². The van der Waals surface area contributed by atoms with E-state index < -0.39 is 17.4 Å². The monoisotopic (exact) mass is 191 g/mol. The molecule has 0 unspecified atom stereocenters. The van der Waals surface area contributed by atoms with E-state index in [1.54, 1.807) is 0 Å². The molecule has 1 aromatic heterocycles. The first-order chi connectivity index (χ1) is 5.92. The minimum Gasteiger partial charge on any atom is -0.320 e. The van der Waals surface area contributed by atoms with E-state index in [0.717, 1.165) is 6.07 Å². The van der Waals surface area contributed by atoms with Crippen LogP contribution in [0.5, 0.6) is 0 Å². The van der Waals surface area contributed by atoms with Crippen LogP contribution in [0.1, 0.15) is 24.2 Å². The fourth-order valence-electron chi connectivity index (χ4n) is 1.13. The molecule has 1 aliphatic rings. The molecule has 0 saturated heterocycles. The second kappa shape index (κ2) is 2.25. The molecule has 72 valence electrons. The number of nitrogens with two attached hydrogens (primary N) is 1. The van der Waals surface area contributed by atoms with Crippen LogP contribution in [-0.2, 0) is 11.7 Å². The molecule has 1 heterocycles. The topological polar surface area (TPSA) is 54.7 Å². The molecule has 2 rings (SSSR count). The Morgan fingerprint density at radius 2 is 2.08 bits per heavy atom. The van der Waals surface area contributed by atoms with Gasteiger partial charge in [0.2, 0.25) is 0 Å². The molecule has 0 spiro atoms. The highest BCUT2D eigenvalue weighted by atomic mass is 19.4. The Kier molecular flexibility index (Phi) is 1.48. The average molecular weight is 191 g/mol. The van der Waals surface area contributed by atoms with Crippen LogP contribution in [-0.4, -0.2) is 10.2 Å². The van der Waals surface area contributed by atoms with Crippen molar-refractivity contribution in [3.05, 3.63) is 17.5 Å². The minimum absolute atomic E-state index is 0.375. The molecule has 1 aromatic rings. The van der Waals surface area contributed by atoms with E-state index >= 15 is 0 Å². The fraction of sp³-hybridized carbons (Fsp3) is 0.571. The summed E-state index contributed by atoms with van der Waals surface area (Å²) < 4.78 is 36.3. The Bertz CT molecular complexity index is 304. The van der Waals surface area contributed by atoms with Gasteiger partial charge in [-0.05, 0) is 18.9 Å². The lowest BCUT2D eigenvalue weighted by atomic mass is 10.2. The van der Waals surface area contributed by atoms with Gasteiger partial charge >= 0.3 is 6.18 Å². The van der Waals surface area contributed by atoms with E-state index in [2.05, 4.69) is 10.2 Å². The third-order valence-electron chi connectivity index (χ3n) is 2.19. The van der Waals surface area contributed by atoms with Crippen molar-refractivity contribution >= 4 is 0 Å². The van der Waals surface area contributed by atoms with Gasteiger partial charge in [0.1, 0.15) is 0 Å². The van der Waals surface area contributed by atoms with Crippen LogP contribution >= 0.6 is 0 Å². The maximum absolute atomic E-state index is 12.1. The molecule has 0 amide bonds. The number of nitrogens with one attached hydrogen (secondary N) is 1. The summed E-state index contributed by atoms with van der Waals surface area (Å²) in [6, 6.07) is 0.979. The van der Waals surface area contributed by atoms with Gasteiger partial charge in [0.25, 0.3) is 0 Å². The third kappa shape index (κ3) is 1.41. The molecule has 3 nitrogen and oxygen atoms in total. The molecule has 1 saturated carbocycles. The van der Waals surface area contributed by atoms with Crippen LogP contribution in [0.15, 0.2) is 6.07 Å². The van der Waals surface area contributed by atoms with Gasteiger partial charge in [0.15, 0.2) is 5.69 Å². The zero-order chi connectivity index (χ0) is 9.69. The van der Waals surface area contributed by atoms with Gasteiger partial charge in [-0.1, -0.05) is 0 Å². The van der Waals surface area contributed by atoms with Crippen LogP contribution in [0.3, 0.4) is 0 Å². The van der Waals surface area contributed by atoms with E-state index in [-0.39, 0.29) is 0 Å². The SMILES string of the molecule is NC1(c2cc(C(F)(F)F)n[nH]2)CC1. The summed E-state index contributed by atoms with van der Waals surface area (Å²) in [6.45, 7) is 0. The average Bonchev–Trinajstić information content (AvgIpc) is 2.60. The Morgan fingerprint density at radius 1 is 1.46 bits per heavy atom. The van der Waals surface area contributed by atoms with Gasteiger partial charge in [-0.2, -0.15) is 18.3 Å². The van der Waals surface area contributed by atoms with Gasteiger partial charge < -0.3 is 5.73 Å². The number of hydrogen-bond donors (Lipinski definition) is 2. The normalized spacial score (nSPS) is 20.3. The van der Waals surface area contributed by atoms with Crippen LogP contribution in [0.4, 0.5) is 13.2 Å². The largest absolute Gasteiger partial charge is 0.435 e. The fourth-order valence-corrected chi connectivity index (χ4v) is 1.13. The van der Waals surface area contributed by atoms with Crippen molar-refractivity contribution in [3.8, 4) is 0 Å². The van der Waals surface area contributed by atoms with Crippen LogP contribution in [0, 0.1) is 0 Å². The highest BCUT2D eigenvalue weighted by molar-refractivity contribution is 5.24. The van der Waals surface area contributed by atoms with E-state index in [4.69, 9.17) is 5.73 Å². The second-order valence-corrected chi connectivity index (χ2v) is 3.32. The molecule has 0 radical (unpaired) electrons. The molecule has 0 aromatic carbocycles. The van der Waals surface area contributed by atoms with Crippen molar-refractivity contribution < 1.29 is 13.2 Å². The lowest BCUT2D eigenvalue weighted by Gasteiger charge is -2.02. The molecule has 0 atom stereocenters. The molecular weight excluding hydrogens is 183 g/mol. The molecule has 13 heavy (non-hydrogen) atoms. The summed E-state index contributed by atoms with van der Waals surface area (Å²) >= 11 is 0. The maximum Gasteiger partial charge on any atom is 0.435 e. The molecule has 6 heteroatoms. The molecule has 1 aliphatic carbocycles. The van der Waals surface area contributed by atoms with Crippen molar-refractivity contribution in [1.82, 2.24) is 10.2 Å². The number of aromatic nitrogens is 2. The second-order valence-electron chi connectivity index (χ2n) is 3.32. The van der Waals surface area contributed by atoms with Gasteiger partial charge in [0, 0.05) is 0 Å². The van der Waals surface area contributed by atoms with Gasteiger partial charge in [-0.15, -0.1) is 0 Å². The summed E-state index contributed by atoms with van der Waals surface area (Å²) in [6.07, 6.45) is -2.96. The molecule has 0 bridgehead atoms. The Morgan fingerprint density at radius 3 is 2.46 bits per heavy atom. The van der Waals surface area contributed by atoms with E-state index in [0.29, 0.717) is 18.5 Å². The number of nitrogens with zero attached hydrogens (tertiary/aromatic N) is 1. The zero-order valence-corrected chi connectivity index (χ0v) is 6.65. The Hall–Kier alpha value is -1.04. The third-order valence-corrected chi connectivity index (χ3v) is 2.19. The number of hydrogen-bond acceptors (Lipinski definition) is 2. The smallest absolute Gasteiger partial charge is 0.320 e. The predicted molar refractivity (Wildman–Crippen MR) is 38.7 cm³/mol. The lowest BCUT2D eigenvalue weighted by Crippen LogP contribution is -2.19. The summed E-state index contributed by atoms with van der Waals surface area (Å²) in [5.41, 5.74) is 4.57. The van der Waals surface area contributed by atoms with Crippen molar-refractivity contribution in [2.75, 3.05) is 0 Å². The number of alkyl halides is 3. The standard InChI is InChI=1S/C7H8F3N3/c8-7(9,10)5-3-4(12-13-5)6(11)1-2-6/h3H,1-2,11H2,(H,12,13). The van der Waals surface area contributed by atoms with Crippen LogP contribution in [0.2, 0.25) is 0 Å². The molecule has 3 N–H and O–H groups in total. The molecule has 0 aliphatic heterocycles. The van der Waals surface area contributed by atoms with E-state index in [9.17, 15) is 13.2 Å². The quantitative estimate of drug-likeness (QED) is 0.704. The van der Waals surface area contributed by atoms with Gasteiger partial charge in [-0.25, -0.2) is 0 Å². The number of H-pyrrole nitrogens is 1. The first kappa shape index (κ1) is 8.55. The van der Waals surface area contributed by atoms with Crippen molar-refractivity contribution in [1.29, 1.82) is 0 Å². The summed E-state index contributed by atoms with van der Waals surface area (Å²) in [7, 11) is 0. The maximum atomic E-state index is 12.1. The van der Waals surface area contributed by atoms with Gasteiger partial charge in [0.05, 0.1) is 11.2 Å². The molecule has 1 fully saturated rings. The van der Waals surface area contributed by atoms with Crippen molar-refractivity contribution in [2.24, 2.45) is 5.73 Å². The van der Waals surface area contributed by atoms with Gasteiger partial charge in [-0.3, -0.25) is 5.10 Å². The minimum atomic E-state index is -4.39. The first-order valence-electron chi connectivity index (χ1n) is 3.84. The van der Waals surface area contributed by atoms with Crippen LogP contribution < -0.4 is 5.73 Å². The zero-order valence-electron chi connectivity index (χ0n) is 6.65. The summed E-state index contributed by atoms with van der Waals surface area (Å²) in [5.74, 6) is 0. The van der Waals surface area contributed by atoms with E-state index in [1.165, 1.54) is 0 Å². The van der Waals surface area contributed by atoms with Crippen LogP contribution in [0.25, 0.3) is 0 Å². The van der Waals surface area contributed by atoms with Crippen molar-refractivity contribution in [3.63, 3.8) is 0 Å². The predicted octanol–water partition coefficient (Wildman–Crippen LogP) is 1.38.